The number of sulfone groups is 1. The summed E-state index contributed by atoms with van der Waals surface area (Å²) in [7, 11) is -3.68. The van der Waals surface area contributed by atoms with Crippen molar-refractivity contribution in [2.75, 3.05) is 5.75 Å². The minimum atomic E-state index is -3.68. The summed E-state index contributed by atoms with van der Waals surface area (Å²) in [6.45, 7) is 5.54. The van der Waals surface area contributed by atoms with Crippen LogP contribution in [0.25, 0.3) is 11.5 Å². The van der Waals surface area contributed by atoms with Gasteiger partial charge >= 0.3 is 0 Å². The van der Waals surface area contributed by atoms with E-state index in [1.807, 2.05) is 68.4 Å². The second kappa shape index (κ2) is 9.92. The van der Waals surface area contributed by atoms with E-state index in [2.05, 4.69) is 10.3 Å². The fraction of sp³-hybridized carbons (Fsp3) is 0.333. The fourth-order valence-electron chi connectivity index (χ4n) is 3.26. The molecule has 7 heteroatoms. The van der Waals surface area contributed by atoms with E-state index in [4.69, 9.17) is 4.42 Å². The lowest BCUT2D eigenvalue weighted by Gasteiger charge is -2.14. The number of hydrogen-bond acceptors (Lipinski definition) is 5. The molecule has 1 aromatic heterocycles. The van der Waals surface area contributed by atoms with Gasteiger partial charge in [-0.1, -0.05) is 48.0 Å². The zero-order valence-electron chi connectivity index (χ0n) is 18.1. The molecule has 0 fully saturated rings. The number of aromatic nitrogens is 1. The van der Waals surface area contributed by atoms with Gasteiger partial charge in [-0.2, -0.15) is 0 Å². The third-order valence-electron chi connectivity index (χ3n) is 5.02. The Morgan fingerprint density at radius 1 is 1.06 bits per heavy atom. The molecule has 0 bridgehead atoms. The van der Waals surface area contributed by atoms with Crippen LogP contribution in [0.2, 0.25) is 0 Å². The Bertz CT molecular complexity index is 1120. The van der Waals surface area contributed by atoms with Crippen LogP contribution >= 0.6 is 0 Å². The first kappa shape index (κ1) is 22.7. The number of nitrogens with one attached hydrogen (secondary N) is 1. The summed E-state index contributed by atoms with van der Waals surface area (Å²) in [5.74, 6) is -0.590. The number of carbonyl (C=O) groups is 1. The number of hydrogen-bond donors (Lipinski definition) is 1. The minimum absolute atomic E-state index is 0.121. The summed E-state index contributed by atoms with van der Waals surface area (Å²) >= 11 is 0. The van der Waals surface area contributed by atoms with E-state index in [0.717, 1.165) is 24.0 Å². The molecule has 31 heavy (non-hydrogen) atoms. The third kappa shape index (κ3) is 6.79. The average Bonchev–Trinajstić information content (AvgIpc) is 3.06. The number of aryl methyl sites for hydroxylation is 3. The van der Waals surface area contributed by atoms with Crippen molar-refractivity contribution in [2.24, 2.45) is 0 Å². The standard InChI is InChI=1S/C24H28N2O4S/c1-17-9-13-21(14-10-17)24-26-22(19(3)30-24)15-31(28,29)16-23(27)25-18(2)11-12-20-7-5-4-6-8-20/h4-10,13-14,18H,11-12,15-16H2,1-3H3,(H,25,27)/t18-/m0/s1. The molecule has 1 atom stereocenters. The molecule has 1 amide bonds. The summed E-state index contributed by atoms with van der Waals surface area (Å²) in [6, 6.07) is 17.5. The molecular formula is C24H28N2O4S. The summed E-state index contributed by atoms with van der Waals surface area (Å²) in [5, 5.41) is 2.78. The molecule has 6 nitrogen and oxygen atoms in total. The maximum atomic E-state index is 12.6. The highest BCUT2D eigenvalue weighted by molar-refractivity contribution is 7.91. The van der Waals surface area contributed by atoms with Crippen LogP contribution in [-0.4, -0.2) is 31.1 Å². The van der Waals surface area contributed by atoms with E-state index in [1.165, 1.54) is 5.56 Å². The average molecular weight is 441 g/mol. The topological polar surface area (TPSA) is 89.3 Å². The molecule has 0 aliphatic carbocycles. The molecule has 0 saturated carbocycles. The van der Waals surface area contributed by atoms with E-state index >= 15 is 0 Å². The van der Waals surface area contributed by atoms with E-state index in [0.29, 0.717) is 17.3 Å². The molecule has 0 aliphatic rings. The van der Waals surface area contributed by atoms with Crippen LogP contribution in [0, 0.1) is 13.8 Å². The lowest BCUT2D eigenvalue weighted by atomic mass is 10.1. The second-order valence-electron chi connectivity index (χ2n) is 7.91. The number of carbonyl (C=O) groups excluding carboxylic acids is 1. The van der Waals surface area contributed by atoms with Crippen molar-refractivity contribution in [1.29, 1.82) is 0 Å². The quantitative estimate of drug-likeness (QED) is 0.543. The van der Waals surface area contributed by atoms with Gasteiger partial charge in [-0.3, -0.25) is 4.79 Å². The van der Waals surface area contributed by atoms with Gasteiger partial charge in [0, 0.05) is 11.6 Å². The first-order valence-corrected chi connectivity index (χ1v) is 12.1. The lowest BCUT2D eigenvalue weighted by Crippen LogP contribution is -2.37. The van der Waals surface area contributed by atoms with Crippen molar-refractivity contribution < 1.29 is 17.6 Å². The van der Waals surface area contributed by atoms with E-state index in [9.17, 15) is 13.2 Å². The SMILES string of the molecule is Cc1ccc(-c2nc(CS(=O)(=O)CC(=O)N[C@@H](C)CCc3ccccc3)c(C)o2)cc1. The molecule has 3 rings (SSSR count). The van der Waals surface area contributed by atoms with Gasteiger partial charge in [-0.25, -0.2) is 13.4 Å². The highest BCUT2D eigenvalue weighted by Gasteiger charge is 2.23. The van der Waals surface area contributed by atoms with Gasteiger partial charge in [0.15, 0.2) is 9.84 Å². The second-order valence-corrected chi connectivity index (χ2v) is 9.98. The zero-order valence-corrected chi connectivity index (χ0v) is 18.9. The Morgan fingerprint density at radius 3 is 2.42 bits per heavy atom. The zero-order chi connectivity index (χ0) is 22.4. The molecular weight excluding hydrogens is 412 g/mol. The Morgan fingerprint density at radius 2 is 1.74 bits per heavy atom. The summed E-state index contributed by atoms with van der Waals surface area (Å²) in [6.07, 6.45) is 1.55. The normalized spacial score (nSPS) is 12.5. The highest BCUT2D eigenvalue weighted by atomic mass is 32.2. The van der Waals surface area contributed by atoms with Crippen LogP contribution in [0.15, 0.2) is 59.0 Å². The molecule has 1 heterocycles. The molecule has 0 spiro atoms. The van der Waals surface area contributed by atoms with Crippen molar-refractivity contribution in [1.82, 2.24) is 10.3 Å². The molecule has 0 saturated heterocycles. The molecule has 3 aromatic rings. The van der Waals surface area contributed by atoms with Crippen LogP contribution in [0.5, 0.6) is 0 Å². The van der Waals surface area contributed by atoms with Crippen LogP contribution < -0.4 is 5.32 Å². The first-order chi connectivity index (χ1) is 14.7. The van der Waals surface area contributed by atoms with Crippen LogP contribution in [0.1, 0.15) is 35.9 Å². The number of nitrogens with zero attached hydrogens (tertiary/aromatic N) is 1. The van der Waals surface area contributed by atoms with Crippen molar-refractivity contribution >= 4 is 15.7 Å². The monoisotopic (exact) mass is 440 g/mol. The number of benzene rings is 2. The predicted octanol–water partition coefficient (Wildman–Crippen LogP) is 4.01. The first-order valence-electron chi connectivity index (χ1n) is 10.3. The predicted molar refractivity (Wildman–Crippen MR) is 121 cm³/mol. The van der Waals surface area contributed by atoms with Crippen molar-refractivity contribution in [3.63, 3.8) is 0 Å². The van der Waals surface area contributed by atoms with E-state index < -0.39 is 21.5 Å². The third-order valence-corrected chi connectivity index (χ3v) is 6.43. The van der Waals surface area contributed by atoms with E-state index in [-0.39, 0.29) is 11.8 Å². The summed E-state index contributed by atoms with van der Waals surface area (Å²) in [5.41, 5.74) is 3.41. The Labute approximate surface area is 183 Å². The number of rotatable bonds is 9. The Kier molecular flexibility index (Phi) is 7.28. The van der Waals surface area contributed by atoms with Gasteiger partial charge in [-0.15, -0.1) is 0 Å². The van der Waals surface area contributed by atoms with Gasteiger partial charge in [0.05, 0.1) is 11.4 Å². The number of amides is 1. The number of oxazole rings is 1. The maximum absolute atomic E-state index is 12.6. The molecule has 0 aliphatic heterocycles. The largest absolute Gasteiger partial charge is 0.441 e. The van der Waals surface area contributed by atoms with Crippen molar-refractivity contribution in [2.45, 2.75) is 45.4 Å². The highest BCUT2D eigenvalue weighted by Crippen LogP contribution is 2.23. The minimum Gasteiger partial charge on any atom is -0.441 e. The van der Waals surface area contributed by atoms with Crippen molar-refractivity contribution in [3.05, 3.63) is 77.2 Å². The van der Waals surface area contributed by atoms with Crippen LogP contribution in [0.4, 0.5) is 0 Å². The van der Waals surface area contributed by atoms with Crippen molar-refractivity contribution in [3.8, 4) is 11.5 Å². The van der Waals surface area contributed by atoms with Gasteiger partial charge in [0.1, 0.15) is 11.5 Å². The maximum Gasteiger partial charge on any atom is 0.235 e. The molecule has 0 radical (unpaired) electrons. The summed E-state index contributed by atoms with van der Waals surface area (Å²) < 4.78 is 30.8. The fourth-order valence-corrected chi connectivity index (χ4v) is 4.53. The van der Waals surface area contributed by atoms with Crippen LogP contribution in [0.3, 0.4) is 0 Å². The molecule has 0 unspecified atom stereocenters. The van der Waals surface area contributed by atoms with Gasteiger partial charge in [-0.05, 0) is 51.3 Å². The Hall–Kier alpha value is -2.93. The Balaban J connectivity index is 1.55. The summed E-state index contributed by atoms with van der Waals surface area (Å²) in [4.78, 5) is 16.6. The van der Waals surface area contributed by atoms with E-state index in [1.54, 1.807) is 6.92 Å². The molecule has 1 N–H and O–H groups in total. The smallest absolute Gasteiger partial charge is 0.235 e. The van der Waals surface area contributed by atoms with Gasteiger partial charge in [0.2, 0.25) is 11.8 Å². The van der Waals surface area contributed by atoms with Gasteiger partial charge in [0.25, 0.3) is 0 Å². The van der Waals surface area contributed by atoms with Gasteiger partial charge < -0.3 is 9.73 Å². The lowest BCUT2D eigenvalue weighted by molar-refractivity contribution is -0.119. The molecule has 164 valence electrons. The van der Waals surface area contributed by atoms with Crippen LogP contribution in [-0.2, 0) is 26.8 Å². The molecule has 2 aromatic carbocycles.